The van der Waals surface area contributed by atoms with Gasteiger partial charge in [0.25, 0.3) is 0 Å². The minimum atomic E-state index is 0.0881. The molecule has 4 rings (SSSR count). The average Bonchev–Trinajstić information content (AvgIpc) is 3.12. The van der Waals surface area contributed by atoms with Crippen molar-refractivity contribution in [2.24, 2.45) is 0 Å². The van der Waals surface area contributed by atoms with Gasteiger partial charge in [0, 0.05) is 6.54 Å². The smallest absolute Gasteiger partial charge is 0.163 e. The molecule has 134 valence electrons. The second kappa shape index (κ2) is 7.67. The van der Waals surface area contributed by atoms with E-state index in [2.05, 4.69) is 38.3 Å². The fourth-order valence-electron chi connectivity index (χ4n) is 3.02. The van der Waals surface area contributed by atoms with Crippen LogP contribution in [-0.4, -0.2) is 32.3 Å². The number of aliphatic hydroxyl groups is 1. The normalized spacial score (nSPS) is 11.8. The summed E-state index contributed by atoms with van der Waals surface area (Å²) in [6.45, 7) is 1.88. The lowest BCUT2D eigenvalue weighted by atomic mass is 10.3. The van der Waals surface area contributed by atoms with Crippen LogP contribution >= 0.6 is 47.1 Å². The molecule has 0 radical (unpaired) electrons. The summed E-state index contributed by atoms with van der Waals surface area (Å²) in [5.74, 6) is 0. The first-order valence-electron chi connectivity index (χ1n) is 8.17. The molecular weight excluding hydrogens is 402 g/mol. The van der Waals surface area contributed by atoms with Crippen molar-refractivity contribution in [3.8, 4) is 0 Å². The maximum Gasteiger partial charge on any atom is 0.163 e. The van der Waals surface area contributed by atoms with Crippen LogP contribution < -0.4 is 0 Å². The largest absolute Gasteiger partial charge is 0.395 e. The van der Waals surface area contributed by atoms with Crippen LogP contribution in [0.5, 0.6) is 0 Å². The lowest BCUT2D eigenvalue weighted by Crippen LogP contribution is -2.31. The molecule has 8 heteroatoms. The van der Waals surface area contributed by atoms with E-state index in [4.69, 9.17) is 24.4 Å². The maximum atomic E-state index is 9.55. The number of hydrogen-bond donors (Lipinski definition) is 1. The number of benzene rings is 2. The van der Waals surface area contributed by atoms with Crippen LogP contribution in [0, 0.1) is 7.91 Å². The molecule has 2 heterocycles. The molecule has 0 amide bonds. The van der Waals surface area contributed by atoms with Crippen LogP contribution in [0.15, 0.2) is 48.5 Å². The molecule has 2 aromatic carbocycles. The minimum absolute atomic E-state index is 0.0881. The molecule has 4 aromatic rings. The highest BCUT2D eigenvalue weighted by Gasteiger charge is 2.13. The minimum Gasteiger partial charge on any atom is -0.395 e. The zero-order valence-electron chi connectivity index (χ0n) is 13.9. The Morgan fingerprint density at radius 2 is 1.27 bits per heavy atom. The zero-order valence-corrected chi connectivity index (χ0v) is 17.1. The number of nitrogens with zero attached hydrogens (tertiary/aromatic N) is 3. The van der Waals surface area contributed by atoms with Crippen molar-refractivity contribution in [2.45, 2.75) is 13.3 Å². The van der Waals surface area contributed by atoms with Crippen molar-refractivity contribution in [1.29, 1.82) is 0 Å². The van der Waals surface area contributed by atoms with Crippen LogP contribution in [0.25, 0.3) is 20.4 Å². The molecule has 0 saturated heterocycles. The van der Waals surface area contributed by atoms with E-state index in [0.717, 1.165) is 18.9 Å². The molecule has 2 aromatic heterocycles. The van der Waals surface area contributed by atoms with Gasteiger partial charge in [-0.1, -0.05) is 24.3 Å². The van der Waals surface area contributed by atoms with Gasteiger partial charge < -0.3 is 14.2 Å². The highest BCUT2D eigenvalue weighted by atomic mass is 32.2. The Morgan fingerprint density at radius 1 is 0.808 bits per heavy atom. The monoisotopic (exact) mass is 419 g/mol. The SMILES string of the molecule is OCCN(Cn1c(=S)sc2ccccc21)Cn1c(=S)sc2ccccc21. The first-order valence-corrected chi connectivity index (χ1v) is 10.6. The van der Waals surface area contributed by atoms with Gasteiger partial charge in [-0.2, -0.15) is 0 Å². The van der Waals surface area contributed by atoms with Crippen LogP contribution in [0.4, 0.5) is 0 Å². The lowest BCUT2D eigenvalue weighted by molar-refractivity contribution is 0.134. The maximum absolute atomic E-state index is 9.55. The van der Waals surface area contributed by atoms with Gasteiger partial charge in [-0.3, -0.25) is 4.90 Å². The summed E-state index contributed by atoms with van der Waals surface area (Å²) in [7, 11) is 0. The molecule has 0 aliphatic heterocycles. The van der Waals surface area contributed by atoms with E-state index in [0.29, 0.717) is 19.9 Å². The number of para-hydroxylation sites is 2. The Labute approximate surface area is 169 Å². The highest BCUT2D eigenvalue weighted by molar-refractivity contribution is 7.74. The molecule has 0 saturated carbocycles. The lowest BCUT2D eigenvalue weighted by Gasteiger charge is -2.23. The fraction of sp³-hybridized carbons (Fsp3) is 0.222. The Hall–Kier alpha value is -1.42. The van der Waals surface area contributed by atoms with E-state index in [-0.39, 0.29) is 6.61 Å². The van der Waals surface area contributed by atoms with Gasteiger partial charge in [-0.25, -0.2) is 0 Å². The summed E-state index contributed by atoms with van der Waals surface area (Å²) in [6.07, 6.45) is 0. The van der Waals surface area contributed by atoms with Gasteiger partial charge in [0.15, 0.2) is 7.91 Å². The first kappa shape index (κ1) is 18.0. The Kier molecular flexibility index (Phi) is 5.30. The molecule has 0 fully saturated rings. The number of aromatic nitrogens is 2. The van der Waals surface area contributed by atoms with E-state index >= 15 is 0 Å². The summed E-state index contributed by atoms with van der Waals surface area (Å²) in [5.41, 5.74) is 2.26. The summed E-state index contributed by atoms with van der Waals surface area (Å²) in [6, 6.07) is 16.5. The second-order valence-corrected chi connectivity index (χ2v) is 9.28. The van der Waals surface area contributed by atoms with Gasteiger partial charge in [-0.15, -0.1) is 22.7 Å². The van der Waals surface area contributed by atoms with Crippen LogP contribution in [0.3, 0.4) is 0 Å². The molecule has 0 aliphatic carbocycles. The van der Waals surface area contributed by atoms with Crippen molar-refractivity contribution in [3.63, 3.8) is 0 Å². The van der Waals surface area contributed by atoms with E-state index in [1.807, 2.05) is 24.3 Å². The molecule has 26 heavy (non-hydrogen) atoms. The molecule has 0 unspecified atom stereocenters. The standard InChI is InChI=1S/C18H17N3OS4/c22-10-9-19(11-20-13-5-1-3-7-15(13)25-17(20)23)12-21-14-6-2-4-8-16(14)26-18(21)24/h1-8,22H,9-12H2. The van der Waals surface area contributed by atoms with Crippen molar-refractivity contribution < 1.29 is 5.11 Å². The zero-order chi connectivity index (χ0) is 18.1. The van der Waals surface area contributed by atoms with E-state index in [1.165, 1.54) is 9.40 Å². The van der Waals surface area contributed by atoms with Gasteiger partial charge in [0.05, 0.1) is 40.4 Å². The molecule has 1 N–H and O–H groups in total. The Bertz CT molecular complexity index is 1080. The predicted molar refractivity (Wildman–Crippen MR) is 115 cm³/mol. The third-order valence-corrected chi connectivity index (χ3v) is 7.11. The number of rotatable bonds is 6. The van der Waals surface area contributed by atoms with Gasteiger partial charge in [0.2, 0.25) is 0 Å². The third kappa shape index (κ3) is 3.40. The summed E-state index contributed by atoms with van der Waals surface area (Å²) >= 11 is 14.4. The third-order valence-electron chi connectivity index (χ3n) is 4.25. The highest BCUT2D eigenvalue weighted by Crippen LogP contribution is 2.25. The molecule has 0 spiro atoms. The van der Waals surface area contributed by atoms with Gasteiger partial charge in [0.1, 0.15) is 0 Å². The summed E-state index contributed by atoms with van der Waals surface area (Å²) in [5, 5.41) is 9.55. The van der Waals surface area contributed by atoms with Crippen molar-refractivity contribution >= 4 is 67.5 Å². The Balaban J connectivity index is 1.70. The molecule has 0 bridgehead atoms. The van der Waals surface area contributed by atoms with E-state index in [1.54, 1.807) is 22.7 Å². The van der Waals surface area contributed by atoms with E-state index in [9.17, 15) is 5.11 Å². The summed E-state index contributed by atoms with van der Waals surface area (Å²) < 4.78 is 8.30. The average molecular weight is 420 g/mol. The quantitative estimate of drug-likeness (QED) is 0.442. The van der Waals surface area contributed by atoms with Crippen LogP contribution in [-0.2, 0) is 13.3 Å². The van der Waals surface area contributed by atoms with Crippen molar-refractivity contribution in [2.75, 3.05) is 13.2 Å². The number of hydrogen-bond acceptors (Lipinski definition) is 6. The topological polar surface area (TPSA) is 33.3 Å². The Morgan fingerprint density at radius 3 is 1.73 bits per heavy atom. The van der Waals surface area contributed by atoms with Crippen molar-refractivity contribution in [3.05, 3.63) is 56.4 Å². The number of aliphatic hydroxyl groups excluding tert-OH is 1. The molecule has 4 nitrogen and oxygen atoms in total. The number of fused-ring (bicyclic) bond motifs is 2. The van der Waals surface area contributed by atoms with E-state index < -0.39 is 0 Å². The molecule has 0 aliphatic rings. The van der Waals surface area contributed by atoms with Gasteiger partial charge >= 0.3 is 0 Å². The molecular formula is C18H17N3OS4. The molecule has 0 atom stereocenters. The van der Waals surface area contributed by atoms with Crippen LogP contribution in [0.1, 0.15) is 0 Å². The van der Waals surface area contributed by atoms with Crippen LogP contribution in [0.2, 0.25) is 0 Å². The van der Waals surface area contributed by atoms with Crippen molar-refractivity contribution in [1.82, 2.24) is 14.0 Å². The summed E-state index contributed by atoms with van der Waals surface area (Å²) in [4.78, 5) is 2.17. The number of thiazole rings is 2. The first-order chi connectivity index (χ1) is 12.7. The second-order valence-electron chi connectivity index (χ2n) is 5.93. The van der Waals surface area contributed by atoms with Gasteiger partial charge in [-0.05, 0) is 48.7 Å². The predicted octanol–water partition coefficient (Wildman–Crippen LogP) is 5.09. The fourth-order valence-corrected chi connectivity index (χ4v) is 5.64.